The Hall–Kier alpha value is -1.20. The van der Waals surface area contributed by atoms with Gasteiger partial charge in [-0.2, -0.15) is 0 Å². The van der Waals surface area contributed by atoms with E-state index in [-0.39, 0.29) is 18.6 Å². The molecule has 2 atom stereocenters. The van der Waals surface area contributed by atoms with Gasteiger partial charge in [0.05, 0.1) is 0 Å². The number of alkyl halides is 2. The number of alkyl carbamates (subject to hydrolysis) is 1. The summed E-state index contributed by atoms with van der Waals surface area (Å²) >= 11 is 0. The van der Waals surface area contributed by atoms with E-state index >= 15 is 0 Å². The average molecular weight is 263 g/mol. The first-order valence-corrected chi connectivity index (χ1v) is 5.87. The lowest BCUT2D eigenvalue weighted by atomic mass is 10.1. The molecule has 0 aromatic carbocycles. The summed E-state index contributed by atoms with van der Waals surface area (Å²) in [6, 6.07) is 0. The highest BCUT2D eigenvalue weighted by atomic mass is 19.3. The van der Waals surface area contributed by atoms with Crippen LogP contribution in [0.2, 0.25) is 0 Å². The number of Topliss-reactive ketones (excluding diaryl/α,β-unsaturated/α-hetero) is 1. The standard InChI is InChI=1S/C12H19F2NO3/c1-7(16)12(6-8(12)5-9(13)14)15-10(17)18-11(2,3)4/h8-9H,5-6H2,1-4H3,(H,15,17)/t8-,12+/m1/s1. The molecule has 0 heterocycles. The fourth-order valence-electron chi connectivity index (χ4n) is 1.99. The molecule has 6 heteroatoms. The molecular formula is C12H19F2NO3. The maximum absolute atomic E-state index is 12.3. The molecule has 1 aliphatic carbocycles. The van der Waals surface area contributed by atoms with E-state index in [2.05, 4.69) is 5.32 Å². The van der Waals surface area contributed by atoms with E-state index in [1.54, 1.807) is 20.8 Å². The highest BCUT2D eigenvalue weighted by Gasteiger charge is 2.60. The lowest BCUT2D eigenvalue weighted by Crippen LogP contribution is -2.46. The van der Waals surface area contributed by atoms with Crippen LogP contribution in [0.1, 0.15) is 40.5 Å². The van der Waals surface area contributed by atoms with Crippen LogP contribution in [0, 0.1) is 5.92 Å². The molecule has 0 unspecified atom stereocenters. The fraction of sp³-hybridized carbons (Fsp3) is 0.833. The van der Waals surface area contributed by atoms with E-state index in [1.165, 1.54) is 6.92 Å². The molecule has 0 bridgehead atoms. The molecule has 1 aliphatic rings. The maximum Gasteiger partial charge on any atom is 0.408 e. The van der Waals surface area contributed by atoms with Crippen LogP contribution in [0.4, 0.5) is 13.6 Å². The van der Waals surface area contributed by atoms with Gasteiger partial charge in [-0.05, 0) is 40.0 Å². The predicted octanol–water partition coefficient (Wildman–Crippen LogP) is 2.51. The number of carbonyl (C=O) groups is 2. The first-order chi connectivity index (χ1) is 8.07. The van der Waals surface area contributed by atoms with Gasteiger partial charge in [-0.25, -0.2) is 13.6 Å². The first kappa shape index (κ1) is 14.9. The van der Waals surface area contributed by atoms with Crippen molar-refractivity contribution in [1.29, 1.82) is 0 Å². The third-order valence-corrected chi connectivity index (χ3v) is 2.92. The summed E-state index contributed by atoms with van der Waals surface area (Å²) in [5.74, 6) is -0.804. The predicted molar refractivity (Wildman–Crippen MR) is 61.5 cm³/mol. The van der Waals surface area contributed by atoms with Crippen LogP contribution in [0.5, 0.6) is 0 Å². The van der Waals surface area contributed by atoms with E-state index in [0.29, 0.717) is 0 Å². The van der Waals surface area contributed by atoms with Crippen LogP contribution in [0.3, 0.4) is 0 Å². The molecule has 0 aromatic rings. The fourth-order valence-corrected chi connectivity index (χ4v) is 1.99. The largest absolute Gasteiger partial charge is 0.444 e. The third-order valence-electron chi connectivity index (χ3n) is 2.92. The molecule has 18 heavy (non-hydrogen) atoms. The zero-order chi connectivity index (χ0) is 14.1. The van der Waals surface area contributed by atoms with Gasteiger partial charge in [0.1, 0.15) is 11.1 Å². The van der Waals surface area contributed by atoms with Gasteiger partial charge >= 0.3 is 6.09 Å². The number of ether oxygens (including phenoxy) is 1. The molecule has 1 fully saturated rings. The highest BCUT2D eigenvalue weighted by molar-refractivity contribution is 5.93. The zero-order valence-corrected chi connectivity index (χ0v) is 11.0. The lowest BCUT2D eigenvalue weighted by Gasteiger charge is -2.23. The van der Waals surface area contributed by atoms with Crippen molar-refractivity contribution >= 4 is 11.9 Å². The Balaban J connectivity index is 2.62. The van der Waals surface area contributed by atoms with Crippen LogP contribution < -0.4 is 5.32 Å². The minimum Gasteiger partial charge on any atom is -0.444 e. The van der Waals surface area contributed by atoms with Crippen molar-refractivity contribution < 1.29 is 23.1 Å². The van der Waals surface area contributed by atoms with Gasteiger partial charge in [-0.3, -0.25) is 4.79 Å². The van der Waals surface area contributed by atoms with Gasteiger partial charge in [0.25, 0.3) is 0 Å². The summed E-state index contributed by atoms with van der Waals surface area (Å²) in [4.78, 5) is 23.1. The Kier molecular flexibility index (Phi) is 3.98. The zero-order valence-electron chi connectivity index (χ0n) is 11.0. The van der Waals surface area contributed by atoms with E-state index < -0.39 is 29.6 Å². The molecular weight excluding hydrogens is 244 g/mol. The number of rotatable bonds is 4. The van der Waals surface area contributed by atoms with Gasteiger partial charge < -0.3 is 10.1 Å². The SMILES string of the molecule is CC(=O)[C@@]1(NC(=O)OC(C)(C)C)C[C@H]1CC(F)F. The van der Waals surface area contributed by atoms with E-state index in [4.69, 9.17) is 4.74 Å². The monoisotopic (exact) mass is 263 g/mol. The second kappa shape index (κ2) is 4.82. The van der Waals surface area contributed by atoms with Crippen LogP contribution in [0.25, 0.3) is 0 Å². The molecule has 1 saturated carbocycles. The number of ketones is 1. The minimum atomic E-state index is -2.48. The van der Waals surface area contributed by atoms with Gasteiger partial charge in [0.2, 0.25) is 6.43 Å². The van der Waals surface area contributed by atoms with Crippen molar-refractivity contribution in [3.05, 3.63) is 0 Å². The molecule has 0 aliphatic heterocycles. The minimum absolute atomic E-state index is 0.256. The Morgan fingerprint density at radius 2 is 2.00 bits per heavy atom. The molecule has 0 radical (unpaired) electrons. The van der Waals surface area contributed by atoms with Crippen molar-refractivity contribution in [2.45, 2.75) is 58.1 Å². The summed E-state index contributed by atoms with van der Waals surface area (Å²) in [6.45, 7) is 6.37. The van der Waals surface area contributed by atoms with Gasteiger partial charge in [0.15, 0.2) is 5.78 Å². The van der Waals surface area contributed by atoms with Crippen molar-refractivity contribution in [3.63, 3.8) is 0 Å². The summed E-state index contributed by atoms with van der Waals surface area (Å²) < 4.78 is 29.6. The van der Waals surface area contributed by atoms with E-state index in [0.717, 1.165) is 0 Å². The summed E-state index contributed by atoms with van der Waals surface area (Å²) in [6.07, 6.45) is -3.34. The number of halogens is 2. The number of carbonyl (C=O) groups excluding carboxylic acids is 2. The Bertz CT molecular complexity index is 352. The Morgan fingerprint density at radius 1 is 1.44 bits per heavy atom. The summed E-state index contributed by atoms with van der Waals surface area (Å²) in [7, 11) is 0. The van der Waals surface area contributed by atoms with Crippen LogP contribution in [0.15, 0.2) is 0 Å². The molecule has 0 aromatic heterocycles. The van der Waals surface area contributed by atoms with E-state index in [9.17, 15) is 18.4 Å². The number of amides is 1. The topological polar surface area (TPSA) is 55.4 Å². The van der Waals surface area contributed by atoms with Gasteiger partial charge in [-0.15, -0.1) is 0 Å². The summed E-state index contributed by atoms with van der Waals surface area (Å²) in [5.41, 5.74) is -1.84. The number of hydrogen-bond donors (Lipinski definition) is 1. The lowest BCUT2D eigenvalue weighted by molar-refractivity contribution is -0.120. The second-order valence-electron chi connectivity index (χ2n) is 5.68. The van der Waals surface area contributed by atoms with Crippen molar-refractivity contribution in [2.75, 3.05) is 0 Å². The van der Waals surface area contributed by atoms with Crippen LogP contribution >= 0.6 is 0 Å². The van der Waals surface area contributed by atoms with Crippen molar-refractivity contribution in [3.8, 4) is 0 Å². The number of hydrogen-bond acceptors (Lipinski definition) is 3. The van der Waals surface area contributed by atoms with Gasteiger partial charge in [-0.1, -0.05) is 0 Å². The quantitative estimate of drug-likeness (QED) is 0.848. The Labute approximate surface area is 105 Å². The Morgan fingerprint density at radius 3 is 2.39 bits per heavy atom. The first-order valence-electron chi connectivity index (χ1n) is 5.87. The maximum atomic E-state index is 12.3. The second-order valence-corrected chi connectivity index (χ2v) is 5.68. The average Bonchev–Trinajstić information content (AvgIpc) is 2.74. The van der Waals surface area contributed by atoms with Crippen molar-refractivity contribution in [1.82, 2.24) is 5.32 Å². The van der Waals surface area contributed by atoms with Crippen molar-refractivity contribution in [2.24, 2.45) is 5.92 Å². The van der Waals surface area contributed by atoms with Crippen LogP contribution in [-0.2, 0) is 9.53 Å². The summed E-state index contributed by atoms with van der Waals surface area (Å²) in [5, 5.41) is 2.43. The molecule has 104 valence electrons. The normalized spacial score (nSPS) is 26.9. The highest BCUT2D eigenvalue weighted by Crippen LogP contribution is 2.47. The number of nitrogens with one attached hydrogen (secondary N) is 1. The third kappa shape index (κ3) is 3.65. The molecule has 1 amide bonds. The molecule has 1 N–H and O–H groups in total. The van der Waals surface area contributed by atoms with Crippen LogP contribution in [-0.4, -0.2) is 29.4 Å². The smallest absolute Gasteiger partial charge is 0.408 e. The molecule has 0 saturated heterocycles. The van der Waals surface area contributed by atoms with E-state index in [1.807, 2.05) is 0 Å². The molecule has 1 rings (SSSR count). The molecule has 0 spiro atoms. The van der Waals surface area contributed by atoms with Gasteiger partial charge in [0, 0.05) is 6.42 Å². The molecule has 4 nitrogen and oxygen atoms in total.